The standard InChI is InChI=1S/C16H33NS/c1-2-16-10-13-17(14-11-16)12-8-6-4-3-5-7-9-15-18/h16,18H,2-15H2,1H3. The van der Waals surface area contributed by atoms with Gasteiger partial charge in [0.25, 0.3) is 0 Å². The lowest BCUT2D eigenvalue weighted by atomic mass is 9.94. The molecule has 1 saturated heterocycles. The Morgan fingerprint density at radius 2 is 1.44 bits per heavy atom. The molecular formula is C16H33NS. The summed E-state index contributed by atoms with van der Waals surface area (Å²) in [6, 6.07) is 0. The second kappa shape index (κ2) is 11.2. The minimum absolute atomic E-state index is 1.02. The van der Waals surface area contributed by atoms with Gasteiger partial charge in [-0.2, -0.15) is 12.6 Å². The van der Waals surface area contributed by atoms with Gasteiger partial charge in [0.2, 0.25) is 0 Å². The summed E-state index contributed by atoms with van der Waals surface area (Å²) in [7, 11) is 0. The Morgan fingerprint density at radius 1 is 0.889 bits per heavy atom. The highest BCUT2D eigenvalue weighted by Gasteiger charge is 2.16. The number of hydrogen-bond donors (Lipinski definition) is 1. The van der Waals surface area contributed by atoms with E-state index in [1.165, 1.54) is 83.8 Å². The van der Waals surface area contributed by atoms with E-state index in [4.69, 9.17) is 0 Å². The molecule has 0 amide bonds. The molecule has 2 heteroatoms. The number of nitrogens with zero attached hydrogens (tertiary/aromatic N) is 1. The van der Waals surface area contributed by atoms with Crippen molar-refractivity contribution in [3.63, 3.8) is 0 Å². The Balaban J connectivity index is 1.84. The molecule has 0 spiro atoms. The molecular weight excluding hydrogens is 238 g/mol. The van der Waals surface area contributed by atoms with E-state index in [1.54, 1.807) is 0 Å². The molecule has 0 saturated carbocycles. The highest BCUT2D eigenvalue weighted by Crippen LogP contribution is 2.20. The maximum Gasteiger partial charge on any atom is -0.00161 e. The van der Waals surface area contributed by atoms with Gasteiger partial charge in [0.15, 0.2) is 0 Å². The van der Waals surface area contributed by atoms with E-state index in [1.807, 2.05) is 0 Å². The molecule has 0 aromatic rings. The minimum atomic E-state index is 1.02. The highest BCUT2D eigenvalue weighted by atomic mass is 32.1. The summed E-state index contributed by atoms with van der Waals surface area (Å²) in [4.78, 5) is 2.69. The third kappa shape index (κ3) is 7.68. The van der Waals surface area contributed by atoms with E-state index < -0.39 is 0 Å². The van der Waals surface area contributed by atoms with Crippen LogP contribution in [0.15, 0.2) is 0 Å². The summed E-state index contributed by atoms with van der Waals surface area (Å²) in [5, 5.41) is 0. The zero-order valence-electron chi connectivity index (χ0n) is 12.4. The number of thiol groups is 1. The minimum Gasteiger partial charge on any atom is -0.303 e. The second-order valence-corrected chi connectivity index (χ2v) is 6.34. The van der Waals surface area contributed by atoms with Gasteiger partial charge >= 0.3 is 0 Å². The Morgan fingerprint density at radius 3 is 2.00 bits per heavy atom. The fourth-order valence-corrected chi connectivity index (χ4v) is 3.17. The highest BCUT2D eigenvalue weighted by molar-refractivity contribution is 7.80. The lowest BCUT2D eigenvalue weighted by Crippen LogP contribution is -2.34. The van der Waals surface area contributed by atoms with E-state index in [0.717, 1.165) is 11.7 Å². The molecule has 1 fully saturated rings. The quantitative estimate of drug-likeness (QED) is 0.442. The van der Waals surface area contributed by atoms with Gasteiger partial charge in [-0.15, -0.1) is 0 Å². The third-order valence-corrected chi connectivity index (χ3v) is 4.73. The topological polar surface area (TPSA) is 3.24 Å². The molecule has 1 rings (SSSR count). The van der Waals surface area contributed by atoms with Crippen molar-refractivity contribution in [2.45, 2.75) is 71.1 Å². The van der Waals surface area contributed by atoms with Crippen LogP contribution in [0.2, 0.25) is 0 Å². The van der Waals surface area contributed by atoms with E-state index in [2.05, 4.69) is 24.5 Å². The van der Waals surface area contributed by atoms with Gasteiger partial charge in [0.05, 0.1) is 0 Å². The average Bonchev–Trinajstić information content (AvgIpc) is 2.42. The van der Waals surface area contributed by atoms with Crippen LogP contribution in [-0.4, -0.2) is 30.3 Å². The fourth-order valence-electron chi connectivity index (χ4n) is 2.95. The van der Waals surface area contributed by atoms with Crippen molar-refractivity contribution in [1.82, 2.24) is 4.90 Å². The summed E-state index contributed by atoms with van der Waals surface area (Å²) >= 11 is 4.25. The molecule has 1 nitrogen and oxygen atoms in total. The maximum atomic E-state index is 4.25. The van der Waals surface area contributed by atoms with E-state index >= 15 is 0 Å². The average molecular weight is 272 g/mol. The lowest BCUT2D eigenvalue weighted by molar-refractivity contribution is 0.179. The summed E-state index contributed by atoms with van der Waals surface area (Å²) in [6.07, 6.45) is 14.1. The molecule has 0 bridgehead atoms. The Hall–Kier alpha value is 0.310. The molecule has 1 heterocycles. The normalized spacial score (nSPS) is 18.3. The van der Waals surface area contributed by atoms with Crippen molar-refractivity contribution in [1.29, 1.82) is 0 Å². The first-order chi connectivity index (χ1) is 8.86. The maximum absolute atomic E-state index is 4.25. The summed E-state index contributed by atoms with van der Waals surface area (Å²) in [5.41, 5.74) is 0. The smallest absolute Gasteiger partial charge is 0.00161 e. The number of unbranched alkanes of at least 4 members (excludes halogenated alkanes) is 6. The van der Waals surface area contributed by atoms with Crippen molar-refractivity contribution in [3.05, 3.63) is 0 Å². The molecule has 0 atom stereocenters. The Kier molecular flexibility index (Phi) is 10.1. The van der Waals surface area contributed by atoms with Gasteiger partial charge in [-0.1, -0.05) is 45.4 Å². The molecule has 0 N–H and O–H groups in total. The summed E-state index contributed by atoms with van der Waals surface area (Å²) in [5.74, 6) is 2.08. The molecule has 0 aliphatic carbocycles. The molecule has 0 radical (unpaired) electrons. The molecule has 0 aromatic carbocycles. The zero-order chi connectivity index (χ0) is 13.1. The number of likely N-dealkylation sites (tertiary alicyclic amines) is 1. The van der Waals surface area contributed by atoms with Gasteiger partial charge in [0, 0.05) is 0 Å². The Labute approximate surface area is 120 Å². The number of rotatable bonds is 10. The van der Waals surface area contributed by atoms with Crippen LogP contribution in [0.5, 0.6) is 0 Å². The van der Waals surface area contributed by atoms with Crippen molar-refractivity contribution in [2.75, 3.05) is 25.4 Å². The van der Waals surface area contributed by atoms with Crippen LogP contribution in [-0.2, 0) is 0 Å². The number of piperidine rings is 1. The van der Waals surface area contributed by atoms with E-state index in [9.17, 15) is 0 Å². The van der Waals surface area contributed by atoms with Crippen molar-refractivity contribution >= 4 is 12.6 Å². The van der Waals surface area contributed by atoms with Crippen molar-refractivity contribution in [2.24, 2.45) is 5.92 Å². The van der Waals surface area contributed by atoms with Gasteiger partial charge in [0.1, 0.15) is 0 Å². The van der Waals surface area contributed by atoms with Crippen LogP contribution < -0.4 is 0 Å². The molecule has 108 valence electrons. The lowest BCUT2D eigenvalue weighted by Gasteiger charge is -2.31. The van der Waals surface area contributed by atoms with Crippen LogP contribution in [0.3, 0.4) is 0 Å². The monoisotopic (exact) mass is 271 g/mol. The fraction of sp³-hybridized carbons (Fsp3) is 1.00. The van der Waals surface area contributed by atoms with Crippen molar-refractivity contribution in [3.8, 4) is 0 Å². The molecule has 0 unspecified atom stereocenters. The summed E-state index contributed by atoms with van der Waals surface area (Å²) < 4.78 is 0. The van der Waals surface area contributed by atoms with E-state index in [-0.39, 0.29) is 0 Å². The Bertz CT molecular complexity index is 176. The van der Waals surface area contributed by atoms with Crippen LogP contribution in [0.25, 0.3) is 0 Å². The van der Waals surface area contributed by atoms with Gasteiger partial charge < -0.3 is 4.90 Å². The number of hydrogen-bond acceptors (Lipinski definition) is 2. The zero-order valence-corrected chi connectivity index (χ0v) is 13.3. The van der Waals surface area contributed by atoms with Gasteiger partial charge in [-0.05, 0) is 57.0 Å². The van der Waals surface area contributed by atoms with E-state index in [0.29, 0.717) is 0 Å². The molecule has 0 aromatic heterocycles. The predicted molar refractivity (Wildman–Crippen MR) is 85.6 cm³/mol. The first-order valence-electron chi connectivity index (χ1n) is 8.20. The van der Waals surface area contributed by atoms with Gasteiger partial charge in [-0.25, -0.2) is 0 Å². The molecule has 1 aliphatic rings. The van der Waals surface area contributed by atoms with Crippen molar-refractivity contribution < 1.29 is 0 Å². The first kappa shape index (κ1) is 16.4. The molecule has 1 aliphatic heterocycles. The SMILES string of the molecule is CCC1CCN(CCCCCCCCCS)CC1. The van der Waals surface area contributed by atoms with Crippen LogP contribution in [0, 0.1) is 5.92 Å². The van der Waals surface area contributed by atoms with Crippen LogP contribution >= 0.6 is 12.6 Å². The predicted octanol–water partition coefficient (Wildman–Crippen LogP) is 4.77. The first-order valence-corrected chi connectivity index (χ1v) is 8.83. The third-order valence-electron chi connectivity index (χ3n) is 4.42. The second-order valence-electron chi connectivity index (χ2n) is 5.89. The molecule has 18 heavy (non-hydrogen) atoms. The van der Waals surface area contributed by atoms with Gasteiger partial charge in [-0.3, -0.25) is 0 Å². The van der Waals surface area contributed by atoms with Crippen LogP contribution in [0.1, 0.15) is 71.1 Å². The van der Waals surface area contributed by atoms with Crippen LogP contribution in [0.4, 0.5) is 0 Å². The largest absolute Gasteiger partial charge is 0.303 e. The summed E-state index contributed by atoms with van der Waals surface area (Å²) in [6.45, 7) is 6.42.